The quantitative estimate of drug-likeness (QED) is 0.446. The number of halogens is 6. The molecule has 3 nitrogen and oxygen atoms in total. The van der Waals surface area contributed by atoms with Gasteiger partial charge in [-0.05, 0) is 12.8 Å². The number of ketones is 1. The van der Waals surface area contributed by atoms with Crippen LogP contribution >= 0.6 is 0 Å². The summed E-state index contributed by atoms with van der Waals surface area (Å²) in [4.78, 5) is 22.5. The molecule has 0 amide bonds. The summed E-state index contributed by atoms with van der Waals surface area (Å²) >= 11 is 0. The fourth-order valence-corrected chi connectivity index (χ4v) is 1.75. The third-order valence-corrected chi connectivity index (χ3v) is 2.67. The molecular formula is C10H10F6O3. The number of carbonyl (C=O) groups is 2. The van der Waals surface area contributed by atoms with Gasteiger partial charge in [-0.2, -0.15) is 26.3 Å². The number of esters is 1. The fourth-order valence-electron chi connectivity index (χ4n) is 1.75. The summed E-state index contributed by atoms with van der Waals surface area (Å²) in [5.41, 5.74) is 0. The highest BCUT2D eigenvalue weighted by atomic mass is 19.4. The maximum Gasteiger partial charge on any atom is 0.434 e. The maximum atomic E-state index is 12.2. The minimum absolute atomic E-state index is 0.0392. The largest absolute Gasteiger partial charge is 0.442 e. The first-order valence-electron chi connectivity index (χ1n) is 5.40. The topological polar surface area (TPSA) is 43.4 Å². The smallest absolute Gasteiger partial charge is 0.434 e. The average molecular weight is 292 g/mol. The minimum atomic E-state index is -5.76. The highest BCUT2D eigenvalue weighted by Gasteiger charge is 2.60. The van der Waals surface area contributed by atoms with Gasteiger partial charge in [0.1, 0.15) is 11.7 Å². The Bertz CT molecular complexity index is 345. The Balaban J connectivity index is 2.80. The molecule has 0 radical (unpaired) electrons. The molecule has 110 valence electrons. The maximum absolute atomic E-state index is 12.2. The molecule has 0 bridgehead atoms. The van der Waals surface area contributed by atoms with Gasteiger partial charge in [-0.1, -0.05) is 6.42 Å². The van der Waals surface area contributed by atoms with E-state index in [1.54, 1.807) is 0 Å². The Labute approximate surface area is 103 Å². The normalized spacial score (nSPS) is 21.6. The number of hydrogen-bond donors (Lipinski definition) is 0. The van der Waals surface area contributed by atoms with Crippen LogP contribution in [-0.2, 0) is 14.3 Å². The van der Waals surface area contributed by atoms with Crippen LogP contribution in [0.1, 0.15) is 25.7 Å². The second kappa shape index (κ2) is 5.38. The second-order valence-electron chi connectivity index (χ2n) is 4.16. The number of ether oxygens (including phenoxy) is 1. The molecule has 0 aromatic heterocycles. The third kappa shape index (κ3) is 4.10. The van der Waals surface area contributed by atoms with Gasteiger partial charge < -0.3 is 4.74 Å². The van der Waals surface area contributed by atoms with E-state index in [-0.39, 0.29) is 12.8 Å². The van der Waals surface area contributed by atoms with Crippen molar-refractivity contribution in [2.24, 2.45) is 5.92 Å². The van der Waals surface area contributed by atoms with Crippen LogP contribution in [-0.4, -0.2) is 30.2 Å². The highest BCUT2D eigenvalue weighted by molar-refractivity contribution is 5.99. The Morgan fingerprint density at radius 1 is 1.11 bits per heavy atom. The first kappa shape index (κ1) is 15.8. The van der Waals surface area contributed by atoms with Gasteiger partial charge in [0.2, 0.25) is 0 Å². The lowest BCUT2D eigenvalue weighted by Gasteiger charge is -2.26. The predicted molar refractivity (Wildman–Crippen MR) is 49.0 cm³/mol. The zero-order chi connectivity index (χ0) is 14.8. The SMILES string of the molecule is O=C1CCCCC1C(=O)OC(C(F)(F)F)C(F)(F)F. The van der Waals surface area contributed by atoms with Crippen LogP contribution in [0.4, 0.5) is 26.3 Å². The van der Waals surface area contributed by atoms with Gasteiger partial charge in [-0.25, -0.2) is 0 Å². The highest BCUT2D eigenvalue weighted by Crippen LogP contribution is 2.36. The van der Waals surface area contributed by atoms with Crippen LogP contribution in [0, 0.1) is 5.92 Å². The second-order valence-corrected chi connectivity index (χ2v) is 4.16. The fraction of sp³-hybridized carbons (Fsp3) is 0.800. The van der Waals surface area contributed by atoms with Crippen molar-refractivity contribution in [3.05, 3.63) is 0 Å². The lowest BCUT2D eigenvalue weighted by atomic mass is 9.88. The van der Waals surface area contributed by atoms with Crippen molar-refractivity contribution in [3.63, 3.8) is 0 Å². The molecule has 0 spiro atoms. The summed E-state index contributed by atoms with van der Waals surface area (Å²) in [6.45, 7) is 0. The van der Waals surface area contributed by atoms with Crippen LogP contribution in [0.15, 0.2) is 0 Å². The summed E-state index contributed by atoms with van der Waals surface area (Å²) in [6, 6.07) is 0. The molecule has 1 atom stereocenters. The van der Waals surface area contributed by atoms with E-state index in [9.17, 15) is 35.9 Å². The van der Waals surface area contributed by atoms with E-state index in [4.69, 9.17) is 0 Å². The van der Waals surface area contributed by atoms with E-state index in [2.05, 4.69) is 4.74 Å². The summed E-state index contributed by atoms with van der Waals surface area (Å²) in [6.07, 6.45) is -15.0. The Morgan fingerprint density at radius 2 is 1.63 bits per heavy atom. The van der Waals surface area contributed by atoms with Crippen molar-refractivity contribution in [1.82, 2.24) is 0 Å². The minimum Gasteiger partial charge on any atom is -0.442 e. The molecule has 1 fully saturated rings. The van der Waals surface area contributed by atoms with Crippen LogP contribution in [0.2, 0.25) is 0 Å². The first-order chi connectivity index (χ1) is 8.53. The molecule has 1 unspecified atom stereocenters. The van der Waals surface area contributed by atoms with Crippen molar-refractivity contribution in [2.75, 3.05) is 0 Å². The molecule has 0 aliphatic heterocycles. The molecule has 9 heteroatoms. The van der Waals surface area contributed by atoms with Crippen molar-refractivity contribution < 1.29 is 40.7 Å². The summed E-state index contributed by atoms with van der Waals surface area (Å²) in [5, 5.41) is 0. The van der Waals surface area contributed by atoms with Gasteiger partial charge in [0, 0.05) is 6.42 Å². The van der Waals surface area contributed by atoms with Crippen LogP contribution in [0.5, 0.6) is 0 Å². The lowest BCUT2D eigenvalue weighted by molar-refractivity contribution is -0.314. The van der Waals surface area contributed by atoms with Crippen molar-refractivity contribution >= 4 is 11.8 Å². The van der Waals surface area contributed by atoms with Crippen LogP contribution in [0.25, 0.3) is 0 Å². The standard InChI is InChI=1S/C10H10F6O3/c11-9(12,13)8(10(14,15)16)19-7(18)5-3-1-2-4-6(5)17/h5,8H,1-4H2. The predicted octanol–water partition coefficient (Wildman–Crippen LogP) is 2.78. The molecular weight excluding hydrogens is 282 g/mol. The molecule has 0 N–H and O–H groups in total. The third-order valence-electron chi connectivity index (χ3n) is 2.67. The van der Waals surface area contributed by atoms with Crippen molar-refractivity contribution in [1.29, 1.82) is 0 Å². The van der Waals surface area contributed by atoms with E-state index in [0.29, 0.717) is 12.8 Å². The van der Waals surface area contributed by atoms with E-state index in [1.165, 1.54) is 0 Å². The van der Waals surface area contributed by atoms with Crippen molar-refractivity contribution in [2.45, 2.75) is 44.1 Å². The zero-order valence-corrected chi connectivity index (χ0v) is 9.48. The van der Waals surface area contributed by atoms with Crippen LogP contribution < -0.4 is 0 Å². The van der Waals surface area contributed by atoms with E-state index in [1.807, 2.05) is 0 Å². The van der Waals surface area contributed by atoms with Gasteiger partial charge in [-0.15, -0.1) is 0 Å². The summed E-state index contributed by atoms with van der Waals surface area (Å²) in [5.74, 6) is -3.97. The van der Waals surface area contributed by atoms with E-state index in [0.717, 1.165) is 0 Å². The molecule has 0 saturated heterocycles. The molecule has 0 heterocycles. The Hall–Kier alpha value is -1.28. The summed E-state index contributed by atoms with van der Waals surface area (Å²) < 4.78 is 76.4. The average Bonchev–Trinajstić information content (AvgIpc) is 2.23. The molecule has 1 saturated carbocycles. The molecule has 1 rings (SSSR count). The number of rotatable bonds is 2. The van der Waals surface area contributed by atoms with Gasteiger partial charge in [0.15, 0.2) is 0 Å². The number of hydrogen-bond acceptors (Lipinski definition) is 3. The molecule has 0 aromatic rings. The van der Waals surface area contributed by atoms with Crippen molar-refractivity contribution in [3.8, 4) is 0 Å². The van der Waals surface area contributed by atoms with Gasteiger partial charge in [-0.3, -0.25) is 9.59 Å². The first-order valence-corrected chi connectivity index (χ1v) is 5.40. The summed E-state index contributed by atoms with van der Waals surface area (Å²) in [7, 11) is 0. The van der Waals surface area contributed by atoms with Gasteiger partial charge in [0.25, 0.3) is 6.10 Å². The van der Waals surface area contributed by atoms with Gasteiger partial charge in [0.05, 0.1) is 0 Å². The molecule has 19 heavy (non-hydrogen) atoms. The monoisotopic (exact) mass is 292 g/mol. The Kier molecular flexibility index (Phi) is 4.46. The molecule has 1 aliphatic carbocycles. The van der Waals surface area contributed by atoms with Crippen LogP contribution in [0.3, 0.4) is 0 Å². The van der Waals surface area contributed by atoms with Gasteiger partial charge >= 0.3 is 18.3 Å². The molecule has 0 aromatic carbocycles. The zero-order valence-electron chi connectivity index (χ0n) is 9.48. The number of carbonyl (C=O) groups excluding carboxylic acids is 2. The number of Topliss-reactive ketones (excluding diaryl/α,β-unsaturated/α-hetero) is 1. The van der Waals surface area contributed by atoms with E-state index < -0.39 is 36.1 Å². The Morgan fingerprint density at radius 3 is 2.05 bits per heavy atom. The molecule has 1 aliphatic rings. The lowest BCUT2D eigenvalue weighted by Crippen LogP contribution is -2.47. The number of alkyl halides is 6. The van der Waals surface area contributed by atoms with E-state index >= 15 is 0 Å².